The fourth-order valence-electron chi connectivity index (χ4n) is 3.22. The smallest absolute Gasteiger partial charge is 0.306 e. The van der Waals surface area contributed by atoms with Crippen molar-refractivity contribution >= 4 is 35.1 Å². The van der Waals surface area contributed by atoms with Crippen molar-refractivity contribution in [2.24, 2.45) is 0 Å². The summed E-state index contributed by atoms with van der Waals surface area (Å²) in [5.74, 6) is -0.615. The van der Waals surface area contributed by atoms with Crippen LogP contribution in [0.3, 0.4) is 0 Å². The lowest BCUT2D eigenvalue weighted by molar-refractivity contribution is -0.145. The number of carbonyl (C=O) groups excluding carboxylic acids is 3. The Morgan fingerprint density at radius 3 is 2.31 bits per heavy atom. The van der Waals surface area contributed by atoms with E-state index in [1.807, 2.05) is 30.3 Å². The quantitative estimate of drug-likeness (QED) is 0.150. The van der Waals surface area contributed by atoms with Crippen LogP contribution in [0, 0.1) is 0 Å². The minimum atomic E-state index is -0.455. The van der Waals surface area contributed by atoms with Crippen LogP contribution in [-0.2, 0) is 20.7 Å². The van der Waals surface area contributed by atoms with E-state index < -0.39 is 17.8 Å². The number of benzene rings is 2. The Balaban J connectivity index is 1.56. The third-order valence-electron chi connectivity index (χ3n) is 5.20. The first kappa shape index (κ1) is 28.8. The van der Waals surface area contributed by atoms with E-state index in [1.165, 1.54) is 18.4 Å². The van der Waals surface area contributed by atoms with E-state index in [2.05, 4.69) is 23.1 Å². The van der Waals surface area contributed by atoms with Crippen LogP contribution in [0.15, 0.2) is 54.6 Å². The maximum atomic E-state index is 12.3. The van der Waals surface area contributed by atoms with Gasteiger partial charge in [-0.1, -0.05) is 56.5 Å². The molecular weight excluding hydrogens is 478 g/mol. The fourth-order valence-corrected chi connectivity index (χ4v) is 3.39. The lowest BCUT2D eigenvalue weighted by Crippen LogP contribution is -2.48. The fraction of sp³-hybridized carbons (Fsp3) is 0.407. The molecule has 194 valence electrons. The molecule has 0 radical (unpaired) electrons. The Kier molecular flexibility index (Phi) is 13.6. The van der Waals surface area contributed by atoms with Crippen LogP contribution in [-0.4, -0.2) is 36.1 Å². The number of thiocarbonyl (C=S) groups is 1. The molecule has 0 saturated carbocycles. The van der Waals surface area contributed by atoms with E-state index in [0.717, 1.165) is 19.3 Å². The monoisotopic (exact) mass is 513 g/mol. The number of aryl methyl sites for hydroxylation is 1. The zero-order valence-electron chi connectivity index (χ0n) is 20.7. The van der Waals surface area contributed by atoms with Gasteiger partial charge >= 0.3 is 5.97 Å². The molecule has 0 aliphatic heterocycles. The number of hydrazine groups is 1. The summed E-state index contributed by atoms with van der Waals surface area (Å²) in [5, 5.41) is 2.34. The van der Waals surface area contributed by atoms with E-state index in [9.17, 15) is 14.4 Å². The van der Waals surface area contributed by atoms with Gasteiger partial charge in [0.1, 0.15) is 5.75 Å². The van der Waals surface area contributed by atoms with Crippen molar-refractivity contribution in [2.75, 3.05) is 13.2 Å². The van der Waals surface area contributed by atoms with Crippen LogP contribution >= 0.6 is 12.2 Å². The zero-order valence-corrected chi connectivity index (χ0v) is 21.5. The van der Waals surface area contributed by atoms with E-state index in [0.29, 0.717) is 30.9 Å². The summed E-state index contributed by atoms with van der Waals surface area (Å²) in [6.07, 6.45) is 5.90. The second kappa shape index (κ2) is 17.0. The van der Waals surface area contributed by atoms with Gasteiger partial charge in [0, 0.05) is 12.0 Å². The highest BCUT2D eigenvalue weighted by atomic mass is 32.1. The van der Waals surface area contributed by atoms with Gasteiger partial charge in [-0.25, -0.2) is 0 Å². The number of ether oxygens (including phenoxy) is 2. The molecule has 0 aliphatic rings. The number of carbonyl (C=O) groups is 3. The minimum Gasteiger partial charge on any atom is -0.494 e. The van der Waals surface area contributed by atoms with E-state index in [4.69, 9.17) is 21.7 Å². The van der Waals surface area contributed by atoms with Gasteiger partial charge in [0.2, 0.25) is 5.91 Å². The molecule has 8 nitrogen and oxygen atoms in total. The summed E-state index contributed by atoms with van der Waals surface area (Å²) in [7, 11) is 0. The van der Waals surface area contributed by atoms with Crippen molar-refractivity contribution in [3.8, 4) is 5.75 Å². The second-order valence-electron chi connectivity index (χ2n) is 8.20. The van der Waals surface area contributed by atoms with Gasteiger partial charge in [-0.15, -0.1) is 0 Å². The molecule has 0 bridgehead atoms. The molecule has 0 spiro atoms. The average molecular weight is 514 g/mol. The van der Waals surface area contributed by atoms with Crippen molar-refractivity contribution < 1.29 is 23.9 Å². The predicted octanol–water partition coefficient (Wildman–Crippen LogP) is 4.24. The molecule has 0 fully saturated rings. The Hall–Kier alpha value is -3.46. The number of amides is 2. The SMILES string of the molecule is CCCCCCOc1ccc(C(=O)NNC(=S)NC(=O)CCC(=O)OCCCc2ccccc2)cc1. The third-order valence-corrected chi connectivity index (χ3v) is 5.40. The van der Waals surface area contributed by atoms with E-state index >= 15 is 0 Å². The van der Waals surface area contributed by atoms with Crippen LogP contribution < -0.4 is 20.9 Å². The molecule has 0 heterocycles. The molecule has 2 aromatic carbocycles. The highest BCUT2D eigenvalue weighted by Gasteiger charge is 2.11. The zero-order chi connectivity index (χ0) is 26.0. The summed E-state index contributed by atoms with van der Waals surface area (Å²) in [6, 6.07) is 16.7. The topological polar surface area (TPSA) is 106 Å². The molecule has 2 rings (SSSR count). The standard InChI is InChI=1S/C27H35N3O5S/c1-2-3-4-8-19-34-23-15-13-22(14-16-23)26(33)29-30-27(36)28-24(31)17-18-25(32)35-20-9-12-21-10-6-5-7-11-21/h5-7,10-11,13-16H,2-4,8-9,12,17-20H2,1H3,(H,29,33)(H2,28,30,31,36). The maximum absolute atomic E-state index is 12.3. The number of esters is 1. The lowest BCUT2D eigenvalue weighted by atomic mass is 10.1. The summed E-state index contributed by atoms with van der Waals surface area (Å²) < 4.78 is 10.8. The first-order chi connectivity index (χ1) is 17.5. The maximum Gasteiger partial charge on any atom is 0.306 e. The molecule has 0 atom stereocenters. The minimum absolute atomic E-state index is 0.0564. The molecule has 0 unspecified atom stereocenters. The highest BCUT2D eigenvalue weighted by Crippen LogP contribution is 2.13. The number of hydrogen-bond donors (Lipinski definition) is 3. The molecule has 3 N–H and O–H groups in total. The molecule has 0 saturated heterocycles. The number of rotatable bonds is 14. The van der Waals surface area contributed by atoms with Gasteiger partial charge in [0.15, 0.2) is 5.11 Å². The first-order valence-corrected chi connectivity index (χ1v) is 12.7. The molecule has 2 aromatic rings. The summed E-state index contributed by atoms with van der Waals surface area (Å²) in [4.78, 5) is 36.1. The molecule has 0 aromatic heterocycles. The largest absolute Gasteiger partial charge is 0.494 e. The van der Waals surface area contributed by atoms with Gasteiger partial charge in [-0.2, -0.15) is 0 Å². The predicted molar refractivity (Wildman–Crippen MR) is 142 cm³/mol. The van der Waals surface area contributed by atoms with Gasteiger partial charge < -0.3 is 14.8 Å². The molecule has 2 amide bonds. The molecular formula is C27H35N3O5S. The lowest BCUT2D eigenvalue weighted by Gasteiger charge is -2.11. The number of unbranched alkanes of at least 4 members (excludes halogenated alkanes) is 3. The Morgan fingerprint density at radius 1 is 0.833 bits per heavy atom. The molecule has 36 heavy (non-hydrogen) atoms. The van der Waals surface area contributed by atoms with E-state index in [-0.39, 0.29) is 18.0 Å². The van der Waals surface area contributed by atoms with E-state index in [1.54, 1.807) is 24.3 Å². The third kappa shape index (κ3) is 12.3. The van der Waals surface area contributed by atoms with Crippen molar-refractivity contribution in [3.05, 3.63) is 65.7 Å². The Morgan fingerprint density at radius 2 is 1.58 bits per heavy atom. The summed E-state index contributed by atoms with van der Waals surface area (Å²) in [6.45, 7) is 3.11. The summed E-state index contributed by atoms with van der Waals surface area (Å²) >= 11 is 5.02. The van der Waals surface area contributed by atoms with Gasteiger partial charge in [0.05, 0.1) is 19.6 Å². The number of hydrogen-bond acceptors (Lipinski definition) is 6. The first-order valence-electron chi connectivity index (χ1n) is 12.3. The average Bonchev–Trinajstić information content (AvgIpc) is 2.89. The van der Waals surface area contributed by atoms with Gasteiger partial charge in [0.25, 0.3) is 5.91 Å². The Bertz CT molecular complexity index is 967. The van der Waals surface area contributed by atoms with Crippen LogP contribution in [0.2, 0.25) is 0 Å². The van der Waals surface area contributed by atoms with Gasteiger partial charge in [-0.05, 0) is 61.3 Å². The van der Waals surface area contributed by atoms with Crippen molar-refractivity contribution in [2.45, 2.75) is 58.3 Å². The highest BCUT2D eigenvalue weighted by molar-refractivity contribution is 7.80. The van der Waals surface area contributed by atoms with Gasteiger partial charge in [-0.3, -0.25) is 25.2 Å². The van der Waals surface area contributed by atoms with Crippen LogP contribution in [0.4, 0.5) is 0 Å². The molecule has 0 aliphatic carbocycles. The Labute approximate surface area is 218 Å². The summed E-state index contributed by atoms with van der Waals surface area (Å²) in [5.41, 5.74) is 6.49. The number of nitrogens with one attached hydrogen (secondary N) is 3. The van der Waals surface area contributed by atoms with Crippen molar-refractivity contribution in [1.82, 2.24) is 16.2 Å². The normalized spacial score (nSPS) is 10.2. The van der Waals surface area contributed by atoms with Crippen LogP contribution in [0.5, 0.6) is 5.75 Å². The van der Waals surface area contributed by atoms with Crippen molar-refractivity contribution in [1.29, 1.82) is 0 Å². The van der Waals surface area contributed by atoms with Crippen LogP contribution in [0.25, 0.3) is 0 Å². The van der Waals surface area contributed by atoms with Crippen LogP contribution in [0.1, 0.15) is 67.8 Å². The molecule has 9 heteroatoms. The second-order valence-corrected chi connectivity index (χ2v) is 8.61. The van der Waals surface area contributed by atoms with Crippen molar-refractivity contribution in [3.63, 3.8) is 0 Å².